The first-order valence-electron chi connectivity index (χ1n) is 12.5. The van der Waals surface area contributed by atoms with Crippen LogP contribution < -0.4 is 5.32 Å². The first kappa shape index (κ1) is 26.4. The number of rotatable bonds is 8. The Labute approximate surface area is 214 Å². The van der Waals surface area contributed by atoms with Gasteiger partial charge in [-0.15, -0.1) is 0 Å². The molecule has 2 amide bonds. The molecule has 0 spiro atoms. The minimum absolute atomic E-state index is 0.0940. The molecule has 196 valence electrons. The van der Waals surface area contributed by atoms with E-state index in [-0.39, 0.29) is 18.4 Å². The number of aromatic nitrogens is 2. The maximum absolute atomic E-state index is 12.7. The summed E-state index contributed by atoms with van der Waals surface area (Å²) in [6.07, 6.45) is 2.42. The molecule has 0 unspecified atom stereocenters. The zero-order valence-corrected chi connectivity index (χ0v) is 20.8. The summed E-state index contributed by atoms with van der Waals surface area (Å²) in [5.41, 5.74) is 2.08. The van der Waals surface area contributed by atoms with Gasteiger partial charge in [-0.25, -0.2) is 4.98 Å². The lowest BCUT2D eigenvalue weighted by molar-refractivity contribution is -0.137. The second-order valence-corrected chi connectivity index (χ2v) is 9.48. The lowest BCUT2D eigenvalue weighted by atomic mass is 9.89. The molecule has 0 aliphatic carbocycles. The number of halogens is 3. The van der Waals surface area contributed by atoms with Crippen LogP contribution in [0.15, 0.2) is 60.9 Å². The third kappa shape index (κ3) is 7.21. The molecule has 1 aliphatic heterocycles. The average Bonchev–Trinajstić information content (AvgIpc) is 3.28. The van der Waals surface area contributed by atoms with Crippen molar-refractivity contribution in [3.63, 3.8) is 0 Å². The molecular weight excluding hydrogens is 481 g/mol. The Morgan fingerprint density at radius 1 is 1.03 bits per heavy atom. The second kappa shape index (κ2) is 11.6. The quantitative estimate of drug-likeness (QED) is 0.429. The van der Waals surface area contributed by atoms with Gasteiger partial charge >= 0.3 is 6.18 Å². The predicted octanol–water partition coefficient (Wildman–Crippen LogP) is 5.58. The van der Waals surface area contributed by atoms with Gasteiger partial charge in [-0.05, 0) is 73.9 Å². The number of carbonyl (C=O) groups excluding carboxylic acids is 2. The second-order valence-electron chi connectivity index (χ2n) is 9.48. The van der Waals surface area contributed by atoms with Crippen molar-refractivity contribution in [3.05, 3.63) is 83.4 Å². The number of aryl methyl sites for hydroxylation is 2. The molecule has 0 atom stereocenters. The molecule has 1 aromatic heterocycles. The Morgan fingerprint density at radius 3 is 2.30 bits per heavy atom. The molecule has 1 aliphatic rings. The van der Waals surface area contributed by atoms with E-state index in [2.05, 4.69) is 10.3 Å². The van der Waals surface area contributed by atoms with Crippen LogP contribution in [0.1, 0.15) is 54.1 Å². The van der Waals surface area contributed by atoms with Crippen molar-refractivity contribution in [2.75, 3.05) is 18.4 Å². The van der Waals surface area contributed by atoms with Crippen LogP contribution in [0.25, 0.3) is 0 Å². The minimum Gasteiger partial charge on any atom is -0.343 e. The number of nitrogens with one attached hydrogen (secondary N) is 1. The smallest absolute Gasteiger partial charge is 0.343 e. The Bertz CT molecular complexity index is 1200. The van der Waals surface area contributed by atoms with Crippen LogP contribution in [0.3, 0.4) is 0 Å². The van der Waals surface area contributed by atoms with E-state index in [0.29, 0.717) is 38.3 Å². The van der Waals surface area contributed by atoms with E-state index in [0.717, 1.165) is 42.0 Å². The fraction of sp³-hybridized carbons (Fsp3) is 0.393. The predicted molar refractivity (Wildman–Crippen MR) is 135 cm³/mol. The van der Waals surface area contributed by atoms with Gasteiger partial charge in [-0.1, -0.05) is 24.3 Å². The topological polar surface area (TPSA) is 67.2 Å². The van der Waals surface area contributed by atoms with Crippen molar-refractivity contribution in [2.24, 2.45) is 0 Å². The monoisotopic (exact) mass is 512 g/mol. The molecule has 0 bridgehead atoms. The maximum atomic E-state index is 12.7. The van der Waals surface area contributed by atoms with Crippen LogP contribution >= 0.6 is 0 Å². The van der Waals surface area contributed by atoms with Crippen LogP contribution in [0.5, 0.6) is 0 Å². The van der Waals surface area contributed by atoms with Crippen molar-refractivity contribution in [2.45, 2.75) is 57.7 Å². The normalized spacial score (nSPS) is 14.5. The highest BCUT2D eigenvalue weighted by Gasteiger charge is 2.30. The highest BCUT2D eigenvalue weighted by molar-refractivity contribution is 5.90. The fourth-order valence-corrected chi connectivity index (χ4v) is 4.69. The molecule has 1 fully saturated rings. The van der Waals surface area contributed by atoms with Crippen LogP contribution in [-0.4, -0.2) is 39.4 Å². The first-order chi connectivity index (χ1) is 17.7. The molecular formula is C28H31F3N4O2. The molecule has 1 N–H and O–H groups in total. The molecule has 0 saturated carbocycles. The summed E-state index contributed by atoms with van der Waals surface area (Å²) in [5.74, 6) is 1.12. The van der Waals surface area contributed by atoms with E-state index in [1.165, 1.54) is 17.7 Å². The van der Waals surface area contributed by atoms with Gasteiger partial charge in [-0.3, -0.25) is 9.59 Å². The molecule has 37 heavy (non-hydrogen) atoms. The number of hydrogen-bond donors (Lipinski definition) is 1. The number of imidazole rings is 1. The zero-order chi connectivity index (χ0) is 26.4. The summed E-state index contributed by atoms with van der Waals surface area (Å²) >= 11 is 0. The number of amides is 2. The number of hydrogen-bond acceptors (Lipinski definition) is 3. The highest BCUT2D eigenvalue weighted by atomic mass is 19.4. The molecule has 3 aromatic rings. The van der Waals surface area contributed by atoms with Gasteiger partial charge in [0.15, 0.2) is 0 Å². The molecule has 0 radical (unpaired) electrons. The number of anilines is 1. The van der Waals surface area contributed by atoms with E-state index in [4.69, 9.17) is 0 Å². The van der Waals surface area contributed by atoms with Gasteiger partial charge in [0.1, 0.15) is 12.4 Å². The molecule has 9 heteroatoms. The van der Waals surface area contributed by atoms with Crippen molar-refractivity contribution in [3.8, 4) is 0 Å². The zero-order valence-electron chi connectivity index (χ0n) is 20.8. The average molecular weight is 513 g/mol. The van der Waals surface area contributed by atoms with E-state index < -0.39 is 11.7 Å². The molecule has 2 heterocycles. The first-order valence-corrected chi connectivity index (χ1v) is 12.5. The van der Waals surface area contributed by atoms with E-state index in [1.54, 1.807) is 17.0 Å². The van der Waals surface area contributed by atoms with Crippen LogP contribution in [0.4, 0.5) is 18.9 Å². The number of benzene rings is 2. The maximum Gasteiger partial charge on any atom is 0.416 e. The third-order valence-electron chi connectivity index (χ3n) is 6.89. The Hall–Kier alpha value is -3.62. The van der Waals surface area contributed by atoms with Crippen molar-refractivity contribution in [1.82, 2.24) is 14.5 Å². The third-order valence-corrected chi connectivity index (χ3v) is 6.89. The van der Waals surface area contributed by atoms with Gasteiger partial charge in [0.2, 0.25) is 11.8 Å². The van der Waals surface area contributed by atoms with E-state index in [1.807, 2.05) is 36.1 Å². The van der Waals surface area contributed by atoms with E-state index in [9.17, 15) is 22.8 Å². The Morgan fingerprint density at radius 2 is 1.70 bits per heavy atom. The van der Waals surface area contributed by atoms with Crippen LogP contribution in [-0.2, 0) is 28.7 Å². The summed E-state index contributed by atoms with van der Waals surface area (Å²) in [5, 5.41) is 2.91. The summed E-state index contributed by atoms with van der Waals surface area (Å²) in [6, 6.07) is 13.0. The summed E-state index contributed by atoms with van der Waals surface area (Å²) in [6.45, 7) is 3.44. The number of piperidine rings is 1. The summed E-state index contributed by atoms with van der Waals surface area (Å²) in [4.78, 5) is 30.9. The summed E-state index contributed by atoms with van der Waals surface area (Å²) < 4.78 is 39.8. The van der Waals surface area contributed by atoms with Gasteiger partial charge in [0.05, 0.1) is 5.56 Å². The van der Waals surface area contributed by atoms with Crippen molar-refractivity contribution >= 4 is 17.5 Å². The highest BCUT2D eigenvalue weighted by Crippen LogP contribution is 2.30. The Kier molecular flexibility index (Phi) is 8.31. The summed E-state index contributed by atoms with van der Waals surface area (Å²) in [7, 11) is 0. The van der Waals surface area contributed by atoms with Crippen molar-refractivity contribution in [1.29, 1.82) is 0 Å². The minimum atomic E-state index is -4.33. The SMILES string of the molecule is Cc1nccn1CC(=O)Nc1ccc(C2CCN(C(=O)CCCc3ccc(C(F)(F)F)cc3)CC2)cc1. The molecule has 6 nitrogen and oxygen atoms in total. The lowest BCUT2D eigenvalue weighted by Gasteiger charge is -2.32. The Balaban J connectivity index is 1.18. The number of carbonyl (C=O) groups is 2. The van der Waals surface area contributed by atoms with Gasteiger partial charge < -0.3 is 14.8 Å². The van der Waals surface area contributed by atoms with Gasteiger partial charge in [-0.2, -0.15) is 13.2 Å². The van der Waals surface area contributed by atoms with Crippen LogP contribution in [0.2, 0.25) is 0 Å². The number of likely N-dealkylation sites (tertiary alicyclic amines) is 1. The fourth-order valence-electron chi connectivity index (χ4n) is 4.69. The number of nitrogens with zero attached hydrogens (tertiary/aromatic N) is 3. The molecule has 4 rings (SSSR count). The standard InChI is InChI=1S/C28H31F3N4O2/c1-20-32-15-18-35(20)19-26(36)33-25-11-7-22(8-12-25)23-13-16-34(17-14-23)27(37)4-2-3-21-5-9-24(10-6-21)28(29,30)31/h5-12,15,18,23H,2-4,13-14,16-17,19H2,1H3,(H,33,36). The van der Waals surface area contributed by atoms with Gasteiger partial charge in [0.25, 0.3) is 0 Å². The van der Waals surface area contributed by atoms with Gasteiger partial charge in [0, 0.05) is 37.6 Å². The van der Waals surface area contributed by atoms with Crippen LogP contribution in [0, 0.1) is 6.92 Å². The lowest BCUT2D eigenvalue weighted by Crippen LogP contribution is -2.37. The van der Waals surface area contributed by atoms with Crippen molar-refractivity contribution < 1.29 is 22.8 Å². The number of alkyl halides is 3. The van der Waals surface area contributed by atoms with E-state index >= 15 is 0 Å². The molecule has 2 aromatic carbocycles. The largest absolute Gasteiger partial charge is 0.416 e. The molecule has 1 saturated heterocycles.